The first-order valence-electron chi connectivity index (χ1n) is 3.54. The average Bonchev–Trinajstić information content (AvgIpc) is 2.70. The fraction of sp³-hybridized carbons (Fsp3) is 0.375. The van der Waals surface area contributed by atoms with E-state index in [0.29, 0.717) is 18.4 Å². The molecule has 0 spiro atoms. The number of pyridine rings is 1. The Labute approximate surface area is 63.7 Å². The van der Waals surface area contributed by atoms with E-state index in [0.717, 1.165) is 0 Å². The van der Waals surface area contributed by atoms with Crippen molar-refractivity contribution in [2.24, 2.45) is 0 Å². The number of halogens is 1. The van der Waals surface area contributed by atoms with E-state index in [1.807, 2.05) is 0 Å². The van der Waals surface area contributed by atoms with Crippen molar-refractivity contribution < 1.29 is 9.50 Å². The van der Waals surface area contributed by atoms with Gasteiger partial charge in [-0.05, 0) is 18.9 Å². The highest BCUT2D eigenvalue weighted by atomic mass is 19.1. The Morgan fingerprint density at radius 3 is 2.73 bits per heavy atom. The number of aromatic hydroxyl groups is 1. The summed E-state index contributed by atoms with van der Waals surface area (Å²) in [7, 11) is 0. The van der Waals surface area contributed by atoms with E-state index in [1.165, 1.54) is 18.5 Å². The van der Waals surface area contributed by atoms with Gasteiger partial charge in [0, 0.05) is 11.8 Å². The van der Waals surface area contributed by atoms with Gasteiger partial charge in [0.25, 0.3) is 0 Å². The van der Waals surface area contributed by atoms with E-state index in [1.54, 1.807) is 0 Å². The van der Waals surface area contributed by atoms with Crippen LogP contribution in [-0.2, 0) is 5.67 Å². The van der Waals surface area contributed by atoms with Gasteiger partial charge in [0.1, 0.15) is 11.4 Å². The topological polar surface area (TPSA) is 33.1 Å². The van der Waals surface area contributed by atoms with Crippen LogP contribution >= 0.6 is 0 Å². The molecule has 0 aromatic carbocycles. The highest BCUT2D eigenvalue weighted by Gasteiger charge is 2.45. The van der Waals surface area contributed by atoms with Gasteiger partial charge in [-0.3, -0.25) is 4.98 Å². The van der Waals surface area contributed by atoms with Crippen molar-refractivity contribution in [2.75, 3.05) is 0 Å². The monoisotopic (exact) mass is 153 g/mol. The summed E-state index contributed by atoms with van der Waals surface area (Å²) in [6, 6.07) is 1.43. The quantitative estimate of drug-likeness (QED) is 0.666. The summed E-state index contributed by atoms with van der Waals surface area (Å²) in [5.41, 5.74) is -0.691. The number of alkyl halides is 1. The smallest absolute Gasteiger partial charge is 0.137 e. The zero-order valence-corrected chi connectivity index (χ0v) is 5.92. The molecule has 1 aromatic heterocycles. The van der Waals surface area contributed by atoms with Gasteiger partial charge in [-0.25, -0.2) is 4.39 Å². The molecule has 0 atom stereocenters. The molecule has 0 aliphatic heterocycles. The largest absolute Gasteiger partial charge is 0.506 e. The van der Waals surface area contributed by atoms with Crippen molar-refractivity contribution in [1.29, 1.82) is 0 Å². The molecule has 1 aromatic rings. The highest BCUT2D eigenvalue weighted by Crippen LogP contribution is 2.49. The van der Waals surface area contributed by atoms with Gasteiger partial charge in [0.15, 0.2) is 0 Å². The molecule has 1 aliphatic carbocycles. The lowest BCUT2D eigenvalue weighted by atomic mass is 10.1. The van der Waals surface area contributed by atoms with Gasteiger partial charge in [0.2, 0.25) is 0 Å². The summed E-state index contributed by atoms with van der Waals surface area (Å²) >= 11 is 0. The molecule has 1 fully saturated rings. The lowest BCUT2D eigenvalue weighted by Crippen LogP contribution is -1.97. The predicted molar refractivity (Wildman–Crippen MR) is 37.9 cm³/mol. The molecule has 0 bridgehead atoms. The molecule has 1 heterocycles. The summed E-state index contributed by atoms with van der Waals surface area (Å²) < 4.78 is 13.3. The van der Waals surface area contributed by atoms with Gasteiger partial charge in [-0.1, -0.05) is 0 Å². The molecule has 0 radical (unpaired) electrons. The average molecular weight is 153 g/mol. The van der Waals surface area contributed by atoms with Crippen molar-refractivity contribution in [1.82, 2.24) is 4.98 Å². The summed E-state index contributed by atoms with van der Waals surface area (Å²) in [5, 5.41) is 8.98. The molecule has 1 N–H and O–H groups in total. The van der Waals surface area contributed by atoms with Crippen LogP contribution in [0.15, 0.2) is 18.5 Å². The Morgan fingerprint density at radius 1 is 1.45 bits per heavy atom. The van der Waals surface area contributed by atoms with Gasteiger partial charge < -0.3 is 5.11 Å². The minimum atomic E-state index is -1.19. The molecule has 1 saturated carbocycles. The Hall–Kier alpha value is -1.12. The molecular formula is C8H8FNO. The van der Waals surface area contributed by atoms with Crippen molar-refractivity contribution in [3.05, 3.63) is 24.0 Å². The Morgan fingerprint density at radius 2 is 2.18 bits per heavy atom. The van der Waals surface area contributed by atoms with Crippen LogP contribution in [0.4, 0.5) is 4.39 Å². The van der Waals surface area contributed by atoms with E-state index in [-0.39, 0.29) is 5.75 Å². The highest BCUT2D eigenvalue weighted by molar-refractivity contribution is 5.30. The third-order valence-electron chi connectivity index (χ3n) is 1.93. The minimum Gasteiger partial charge on any atom is -0.506 e. The van der Waals surface area contributed by atoms with Crippen LogP contribution in [0.2, 0.25) is 0 Å². The maximum Gasteiger partial charge on any atom is 0.137 e. The number of nitrogens with zero attached hydrogens (tertiary/aromatic N) is 1. The Bertz CT molecular complexity index is 283. The molecule has 1 aliphatic rings. The maximum atomic E-state index is 13.3. The molecule has 11 heavy (non-hydrogen) atoms. The zero-order valence-electron chi connectivity index (χ0n) is 5.92. The Kier molecular flexibility index (Phi) is 1.16. The van der Waals surface area contributed by atoms with Crippen molar-refractivity contribution >= 4 is 0 Å². The predicted octanol–water partition coefficient (Wildman–Crippen LogP) is 1.75. The molecule has 0 unspecified atom stereocenters. The normalized spacial score (nSPS) is 19.7. The first-order chi connectivity index (χ1) is 5.21. The van der Waals surface area contributed by atoms with Gasteiger partial charge >= 0.3 is 0 Å². The summed E-state index contributed by atoms with van der Waals surface area (Å²) in [4.78, 5) is 3.70. The second kappa shape index (κ2) is 1.94. The molecule has 2 nitrogen and oxygen atoms in total. The second-order valence-electron chi connectivity index (χ2n) is 2.90. The van der Waals surface area contributed by atoms with E-state index in [4.69, 9.17) is 5.11 Å². The van der Waals surface area contributed by atoms with E-state index >= 15 is 0 Å². The molecule has 3 heteroatoms. The van der Waals surface area contributed by atoms with Crippen LogP contribution in [0.25, 0.3) is 0 Å². The van der Waals surface area contributed by atoms with E-state index in [2.05, 4.69) is 4.98 Å². The number of aromatic nitrogens is 1. The number of hydrogen-bond donors (Lipinski definition) is 1. The maximum absolute atomic E-state index is 13.3. The summed E-state index contributed by atoms with van der Waals surface area (Å²) in [6.07, 6.45) is 3.87. The van der Waals surface area contributed by atoms with Crippen LogP contribution in [0, 0.1) is 0 Å². The summed E-state index contributed by atoms with van der Waals surface area (Å²) in [5.74, 6) is 0.0337. The van der Waals surface area contributed by atoms with Crippen LogP contribution in [0.3, 0.4) is 0 Å². The minimum absolute atomic E-state index is 0.0337. The third kappa shape index (κ3) is 1.06. The van der Waals surface area contributed by atoms with Gasteiger partial charge in [-0.2, -0.15) is 0 Å². The fourth-order valence-electron chi connectivity index (χ4n) is 1.07. The molecule has 58 valence electrons. The summed E-state index contributed by atoms with van der Waals surface area (Å²) in [6.45, 7) is 0. The SMILES string of the molecule is Oc1cncc(C2(F)CC2)c1. The molecule has 0 amide bonds. The lowest BCUT2D eigenvalue weighted by molar-refractivity contribution is 0.315. The standard InChI is InChI=1S/C8H8FNO/c9-8(1-2-8)6-3-7(11)5-10-4-6/h3-5,11H,1-2H2. The zero-order chi connectivity index (χ0) is 7.90. The van der Waals surface area contributed by atoms with Crippen LogP contribution in [0.5, 0.6) is 5.75 Å². The third-order valence-corrected chi connectivity index (χ3v) is 1.93. The Balaban J connectivity index is 2.38. The van der Waals surface area contributed by atoms with Crippen LogP contribution < -0.4 is 0 Å². The molecule has 2 rings (SSSR count). The van der Waals surface area contributed by atoms with Crippen molar-refractivity contribution in [3.63, 3.8) is 0 Å². The van der Waals surface area contributed by atoms with E-state index < -0.39 is 5.67 Å². The van der Waals surface area contributed by atoms with Gasteiger partial charge in [-0.15, -0.1) is 0 Å². The van der Waals surface area contributed by atoms with Crippen molar-refractivity contribution in [3.8, 4) is 5.75 Å². The lowest BCUT2D eigenvalue weighted by Gasteiger charge is -2.03. The number of rotatable bonds is 1. The van der Waals surface area contributed by atoms with E-state index in [9.17, 15) is 4.39 Å². The van der Waals surface area contributed by atoms with Crippen LogP contribution in [0.1, 0.15) is 18.4 Å². The van der Waals surface area contributed by atoms with Gasteiger partial charge in [0.05, 0.1) is 6.20 Å². The van der Waals surface area contributed by atoms with Crippen molar-refractivity contribution in [2.45, 2.75) is 18.5 Å². The first kappa shape index (κ1) is 6.58. The number of hydrogen-bond acceptors (Lipinski definition) is 2. The van der Waals surface area contributed by atoms with Crippen LogP contribution in [-0.4, -0.2) is 10.1 Å². The molecular weight excluding hydrogens is 145 g/mol. The fourth-order valence-corrected chi connectivity index (χ4v) is 1.07. The second-order valence-corrected chi connectivity index (χ2v) is 2.90. The first-order valence-corrected chi connectivity index (χ1v) is 3.54. The molecule has 0 saturated heterocycles.